The van der Waals surface area contributed by atoms with E-state index >= 15 is 0 Å². The molecule has 0 unspecified atom stereocenters. The highest BCUT2D eigenvalue weighted by Crippen LogP contribution is 2.18. The van der Waals surface area contributed by atoms with Gasteiger partial charge in [-0.25, -0.2) is 14.2 Å². The summed E-state index contributed by atoms with van der Waals surface area (Å²) in [4.78, 5) is 28.2. The number of carboxylic acid groups (broad SMARTS) is 1. The maximum absolute atomic E-state index is 13.2. The molecule has 3 aromatic rings. The molecular weight excluding hydrogens is 449 g/mol. The average Bonchev–Trinajstić information content (AvgIpc) is 2.80. The van der Waals surface area contributed by atoms with Crippen LogP contribution in [-0.4, -0.2) is 41.2 Å². The lowest BCUT2D eigenvalue weighted by Crippen LogP contribution is -2.42. The SMILES string of the molecule is O=C(N[C@@H](Cc1ccc(OCCCNc2ccccn2)cc1)C(=O)O)c1ccc(F)cc1Cl. The number of hydrogen-bond acceptors (Lipinski definition) is 5. The first-order chi connectivity index (χ1) is 15.9. The number of anilines is 1. The van der Waals surface area contributed by atoms with Crippen molar-refractivity contribution in [3.63, 3.8) is 0 Å². The van der Waals surface area contributed by atoms with E-state index in [2.05, 4.69) is 15.6 Å². The van der Waals surface area contributed by atoms with Gasteiger partial charge in [0.05, 0.1) is 17.2 Å². The van der Waals surface area contributed by atoms with E-state index in [1.54, 1.807) is 30.5 Å². The number of halogens is 2. The lowest BCUT2D eigenvalue weighted by atomic mass is 10.1. The largest absolute Gasteiger partial charge is 0.494 e. The molecule has 7 nitrogen and oxygen atoms in total. The predicted octanol–water partition coefficient (Wildman–Crippen LogP) is 4.18. The number of carboxylic acids is 1. The summed E-state index contributed by atoms with van der Waals surface area (Å²) in [6, 6.07) is 14.8. The van der Waals surface area contributed by atoms with Crippen molar-refractivity contribution >= 4 is 29.3 Å². The average molecular weight is 472 g/mol. The molecule has 3 rings (SSSR count). The number of benzene rings is 2. The number of carbonyl (C=O) groups is 2. The van der Waals surface area contributed by atoms with E-state index in [1.807, 2.05) is 18.2 Å². The number of ether oxygens (including phenoxy) is 1. The summed E-state index contributed by atoms with van der Waals surface area (Å²) in [6.07, 6.45) is 2.56. The zero-order valence-corrected chi connectivity index (χ0v) is 18.4. The molecule has 1 heterocycles. The van der Waals surface area contributed by atoms with Crippen LogP contribution in [-0.2, 0) is 11.2 Å². The Kier molecular flexibility index (Phi) is 8.60. The summed E-state index contributed by atoms with van der Waals surface area (Å²) in [6.45, 7) is 1.22. The molecule has 0 radical (unpaired) electrons. The smallest absolute Gasteiger partial charge is 0.326 e. The van der Waals surface area contributed by atoms with E-state index in [0.717, 1.165) is 24.4 Å². The van der Waals surface area contributed by atoms with Crippen molar-refractivity contribution in [2.75, 3.05) is 18.5 Å². The van der Waals surface area contributed by atoms with Crippen LogP contribution in [0.2, 0.25) is 5.02 Å². The minimum Gasteiger partial charge on any atom is -0.494 e. The molecule has 0 aliphatic rings. The summed E-state index contributed by atoms with van der Waals surface area (Å²) < 4.78 is 18.9. The standard InChI is InChI=1S/C24H23ClFN3O4/c25-20-15-17(26)7-10-19(20)23(30)29-21(24(31)32)14-16-5-8-18(9-6-16)33-13-3-12-28-22-4-1-2-11-27-22/h1-2,4-11,15,21H,3,12-14H2,(H,27,28)(H,29,30)(H,31,32)/t21-/m0/s1. The van der Waals surface area contributed by atoms with Crippen molar-refractivity contribution in [2.24, 2.45) is 0 Å². The van der Waals surface area contributed by atoms with E-state index < -0.39 is 23.7 Å². The first kappa shape index (κ1) is 24.0. The first-order valence-electron chi connectivity index (χ1n) is 10.3. The van der Waals surface area contributed by atoms with Crippen LogP contribution in [0.5, 0.6) is 5.75 Å². The number of nitrogens with zero attached hydrogens (tertiary/aromatic N) is 1. The van der Waals surface area contributed by atoms with Gasteiger partial charge in [-0.1, -0.05) is 29.8 Å². The van der Waals surface area contributed by atoms with Crippen LogP contribution in [0, 0.1) is 5.82 Å². The third-order valence-corrected chi connectivity index (χ3v) is 5.02. The second-order valence-corrected chi connectivity index (χ2v) is 7.59. The lowest BCUT2D eigenvalue weighted by molar-refractivity contribution is -0.139. The molecule has 33 heavy (non-hydrogen) atoms. The van der Waals surface area contributed by atoms with E-state index in [0.29, 0.717) is 24.5 Å². The molecule has 1 aromatic heterocycles. The van der Waals surface area contributed by atoms with Gasteiger partial charge in [-0.15, -0.1) is 0 Å². The monoisotopic (exact) mass is 471 g/mol. The van der Waals surface area contributed by atoms with Gasteiger partial charge in [0.25, 0.3) is 5.91 Å². The molecule has 0 aliphatic heterocycles. The predicted molar refractivity (Wildman–Crippen MR) is 123 cm³/mol. The van der Waals surface area contributed by atoms with Crippen molar-refractivity contribution in [3.8, 4) is 5.75 Å². The highest BCUT2D eigenvalue weighted by Gasteiger charge is 2.22. The van der Waals surface area contributed by atoms with Gasteiger partial charge in [-0.2, -0.15) is 0 Å². The van der Waals surface area contributed by atoms with Crippen LogP contribution >= 0.6 is 11.6 Å². The molecule has 2 aromatic carbocycles. The molecular formula is C24H23ClFN3O4. The van der Waals surface area contributed by atoms with E-state index in [1.165, 1.54) is 6.07 Å². The fourth-order valence-corrected chi connectivity index (χ4v) is 3.27. The highest BCUT2D eigenvalue weighted by atomic mass is 35.5. The van der Waals surface area contributed by atoms with Gasteiger partial charge in [-0.3, -0.25) is 4.79 Å². The van der Waals surface area contributed by atoms with Crippen LogP contribution in [0.4, 0.5) is 10.2 Å². The summed E-state index contributed by atoms with van der Waals surface area (Å²) in [5, 5.41) is 15.0. The van der Waals surface area contributed by atoms with Crippen molar-refractivity contribution in [2.45, 2.75) is 18.9 Å². The van der Waals surface area contributed by atoms with Gasteiger partial charge >= 0.3 is 5.97 Å². The molecule has 1 atom stereocenters. The molecule has 0 fully saturated rings. The first-order valence-corrected chi connectivity index (χ1v) is 10.7. The number of carbonyl (C=O) groups excluding carboxylic acids is 1. The normalized spacial score (nSPS) is 11.5. The van der Waals surface area contributed by atoms with Crippen molar-refractivity contribution in [3.05, 3.63) is 88.8 Å². The van der Waals surface area contributed by atoms with E-state index in [9.17, 15) is 19.1 Å². The zero-order valence-electron chi connectivity index (χ0n) is 17.6. The Bertz CT molecular complexity index is 1080. The summed E-state index contributed by atoms with van der Waals surface area (Å²) in [5.74, 6) is -0.999. The molecule has 0 saturated carbocycles. The fraction of sp³-hybridized carbons (Fsp3) is 0.208. The Morgan fingerprint density at radius 2 is 1.91 bits per heavy atom. The van der Waals surface area contributed by atoms with Crippen molar-refractivity contribution < 1.29 is 23.8 Å². The summed E-state index contributed by atoms with van der Waals surface area (Å²) >= 11 is 5.89. The summed E-state index contributed by atoms with van der Waals surface area (Å²) in [5.41, 5.74) is 0.711. The van der Waals surface area contributed by atoms with Gasteiger partial charge in [0, 0.05) is 19.2 Å². The van der Waals surface area contributed by atoms with Crippen LogP contribution in [0.3, 0.4) is 0 Å². The Morgan fingerprint density at radius 1 is 1.12 bits per heavy atom. The van der Waals surface area contributed by atoms with E-state index in [-0.39, 0.29) is 17.0 Å². The molecule has 9 heteroatoms. The van der Waals surface area contributed by atoms with Crippen molar-refractivity contribution in [1.29, 1.82) is 0 Å². The number of pyridine rings is 1. The number of aromatic nitrogens is 1. The fourth-order valence-electron chi connectivity index (χ4n) is 3.01. The van der Waals surface area contributed by atoms with Gasteiger partial charge in [0.15, 0.2) is 0 Å². The van der Waals surface area contributed by atoms with Crippen LogP contribution in [0.1, 0.15) is 22.3 Å². The molecule has 172 valence electrons. The van der Waals surface area contributed by atoms with Gasteiger partial charge < -0.3 is 20.5 Å². The topological polar surface area (TPSA) is 101 Å². The number of aliphatic carboxylic acids is 1. The lowest BCUT2D eigenvalue weighted by Gasteiger charge is -2.16. The van der Waals surface area contributed by atoms with Crippen LogP contribution < -0.4 is 15.4 Å². The number of rotatable bonds is 11. The molecule has 1 amide bonds. The molecule has 0 spiro atoms. The molecule has 0 saturated heterocycles. The minimum atomic E-state index is -1.19. The third-order valence-electron chi connectivity index (χ3n) is 4.70. The molecule has 0 aliphatic carbocycles. The Balaban J connectivity index is 1.48. The quantitative estimate of drug-likeness (QED) is 0.363. The minimum absolute atomic E-state index is 0.00519. The maximum Gasteiger partial charge on any atom is 0.326 e. The Morgan fingerprint density at radius 3 is 2.58 bits per heavy atom. The third kappa shape index (κ3) is 7.47. The highest BCUT2D eigenvalue weighted by molar-refractivity contribution is 6.33. The van der Waals surface area contributed by atoms with Crippen molar-refractivity contribution in [1.82, 2.24) is 10.3 Å². The van der Waals surface area contributed by atoms with Gasteiger partial charge in [0.2, 0.25) is 0 Å². The molecule has 3 N–H and O–H groups in total. The van der Waals surface area contributed by atoms with Gasteiger partial charge in [0.1, 0.15) is 23.4 Å². The number of nitrogens with one attached hydrogen (secondary N) is 2. The van der Waals surface area contributed by atoms with E-state index in [4.69, 9.17) is 16.3 Å². The molecule has 0 bridgehead atoms. The number of hydrogen-bond donors (Lipinski definition) is 3. The maximum atomic E-state index is 13.2. The number of amides is 1. The second kappa shape index (κ2) is 11.8. The van der Waals surface area contributed by atoms with Gasteiger partial charge in [-0.05, 0) is 54.4 Å². The van der Waals surface area contributed by atoms with Crippen LogP contribution in [0.15, 0.2) is 66.9 Å². The van der Waals surface area contributed by atoms with Crippen LogP contribution in [0.25, 0.3) is 0 Å². The Labute approximate surface area is 195 Å². The summed E-state index contributed by atoms with van der Waals surface area (Å²) in [7, 11) is 0. The second-order valence-electron chi connectivity index (χ2n) is 7.18. The Hall–Kier alpha value is -3.65. The zero-order chi connectivity index (χ0) is 23.6.